The molecular formula is C15H25N3O2. The Morgan fingerprint density at radius 3 is 2.40 bits per heavy atom. The molecule has 0 aromatic carbocycles. The zero-order valence-corrected chi connectivity index (χ0v) is 12.7. The van der Waals surface area contributed by atoms with Gasteiger partial charge in [-0.2, -0.15) is 0 Å². The van der Waals surface area contributed by atoms with Crippen LogP contribution in [-0.4, -0.2) is 15.2 Å². The van der Waals surface area contributed by atoms with Crippen LogP contribution in [0.15, 0.2) is 15.7 Å². The van der Waals surface area contributed by atoms with E-state index in [0.717, 1.165) is 16.2 Å². The maximum atomic E-state index is 11.8. The van der Waals surface area contributed by atoms with Crippen molar-refractivity contribution in [3.8, 4) is 0 Å². The highest BCUT2D eigenvalue weighted by Gasteiger charge is 2.19. The van der Waals surface area contributed by atoms with E-state index in [4.69, 9.17) is 0 Å². The minimum absolute atomic E-state index is 0.236. The summed E-state index contributed by atoms with van der Waals surface area (Å²) in [6, 6.07) is 2.06. The Bertz CT molecular complexity index is 565. The van der Waals surface area contributed by atoms with Gasteiger partial charge in [-0.05, 0) is 31.6 Å². The van der Waals surface area contributed by atoms with Crippen molar-refractivity contribution in [1.29, 1.82) is 0 Å². The largest absolute Gasteiger partial charge is 0.330 e. The topological polar surface area (TPSA) is 56.0 Å². The summed E-state index contributed by atoms with van der Waals surface area (Å²) >= 11 is 0. The zero-order chi connectivity index (χ0) is 14.7. The van der Waals surface area contributed by atoms with Crippen LogP contribution in [0.5, 0.6) is 0 Å². The lowest BCUT2D eigenvalue weighted by atomic mass is 9.84. The quantitative estimate of drug-likeness (QED) is 0.899. The molecule has 0 unspecified atom stereocenters. The lowest BCUT2D eigenvalue weighted by molar-refractivity contribution is 0.283. The van der Waals surface area contributed by atoms with Crippen LogP contribution in [0.2, 0.25) is 0 Å². The van der Waals surface area contributed by atoms with Gasteiger partial charge in [0.1, 0.15) is 0 Å². The van der Waals surface area contributed by atoms with E-state index in [1.807, 2.05) is 0 Å². The lowest BCUT2D eigenvalue weighted by Crippen LogP contribution is -2.40. The second-order valence-electron chi connectivity index (χ2n) is 5.88. The van der Waals surface area contributed by atoms with Gasteiger partial charge in [0.2, 0.25) is 0 Å². The van der Waals surface area contributed by atoms with Gasteiger partial charge >= 0.3 is 5.69 Å². The predicted octanol–water partition coefficient (Wildman–Crippen LogP) is 1.14. The highest BCUT2D eigenvalue weighted by Crippen LogP contribution is 2.26. The normalized spacial score (nSPS) is 22.9. The third-order valence-electron chi connectivity index (χ3n) is 4.62. The first-order chi connectivity index (χ1) is 9.52. The Kier molecular flexibility index (Phi) is 4.81. The first kappa shape index (κ1) is 15.0. The fourth-order valence-electron chi connectivity index (χ4n) is 2.97. The molecule has 0 spiro atoms. The van der Waals surface area contributed by atoms with Gasteiger partial charge < -0.3 is 5.32 Å². The summed E-state index contributed by atoms with van der Waals surface area (Å²) in [4.78, 5) is 23.5. The molecule has 1 heterocycles. The molecule has 0 atom stereocenters. The summed E-state index contributed by atoms with van der Waals surface area (Å²) in [5, 5.41) is 3.49. The molecule has 1 aromatic heterocycles. The van der Waals surface area contributed by atoms with Crippen LogP contribution in [0.4, 0.5) is 0 Å². The van der Waals surface area contributed by atoms with Gasteiger partial charge in [-0.25, -0.2) is 4.79 Å². The van der Waals surface area contributed by atoms with E-state index in [1.165, 1.54) is 39.2 Å². The molecule has 1 fully saturated rings. The minimum Gasteiger partial charge on any atom is -0.308 e. The molecule has 0 saturated heterocycles. The van der Waals surface area contributed by atoms with Crippen molar-refractivity contribution in [3.05, 3.63) is 32.6 Å². The van der Waals surface area contributed by atoms with E-state index in [2.05, 4.69) is 12.2 Å². The third-order valence-corrected chi connectivity index (χ3v) is 4.62. The lowest BCUT2D eigenvalue weighted by Gasteiger charge is -2.28. The second-order valence-corrected chi connectivity index (χ2v) is 5.88. The van der Waals surface area contributed by atoms with Gasteiger partial charge in [-0.1, -0.05) is 13.3 Å². The minimum atomic E-state index is -0.260. The molecule has 2 rings (SSSR count). The van der Waals surface area contributed by atoms with Gasteiger partial charge in [0.05, 0.1) is 0 Å². The molecule has 1 aliphatic carbocycles. The number of rotatable bonds is 4. The van der Waals surface area contributed by atoms with Gasteiger partial charge in [0, 0.05) is 38.4 Å². The van der Waals surface area contributed by atoms with Crippen LogP contribution in [0.25, 0.3) is 0 Å². The van der Waals surface area contributed by atoms with Crippen LogP contribution in [-0.2, 0) is 20.6 Å². The summed E-state index contributed by atoms with van der Waals surface area (Å²) < 4.78 is 2.68. The molecule has 1 saturated carbocycles. The van der Waals surface area contributed by atoms with Crippen molar-refractivity contribution in [2.24, 2.45) is 20.0 Å². The van der Waals surface area contributed by atoms with Crippen LogP contribution in [0.1, 0.15) is 44.7 Å². The Labute approximate surface area is 119 Å². The van der Waals surface area contributed by atoms with E-state index in [-0.39, 0.29) is 11.2 Å². The predicted molar refractivity (Wildman–Crippen MR) is 79.8 cm³/mol. The highest BCUT2D eigenvalue weighted by molar-refractivity contribution is 5.02. The van der Waals surface area contributed by atoms with E-state index in [0.29, 0.717) is 12.6 Å². The zero-order valence-electron chi connectivity index (χ0n) is 12.7. The van der Waals surface area contributed by atoms with Crippen LogP contribution in [0, 0.1) is 5.92 Å². The number of nitrogens with one attached hydrogen (secondary N) is 1. The molecule has 1 aromatic rings. The van der Waals surface area contributed by atoms with Gasteiger partial charge in [0.25, 0.3) is 5.56 Å². The van der Waals surface area contributed by atoms with Crippen molar-refractivity contribution < 1.29 is 0 Å². The average Bonchev–Trinajstić information content (AvgIpc) is 2.48. The van der Waals surface area contributed by atoms with Crippen molar-refractivity contribution in [1.82, 2.24) is 14.5 Å². The summed E-state index contributed by atoms with van der Waals surface area (Å²) in [5.41, 5.74) is 0.263. The smallest absolute Gasteiger partial charge is 0.308 e. The average molecular weight is 279 g/mol. The first-order valence-electron chi connectivity index (χ1n) is 7.52. The number of hydrogen-bond donors (Lipinski definition) is 1. The number of nitrogens with zero attached hydrogens (tertiary/aromatic N) is 2. The molecule has 5 heteroatoms. The van der Waals surface area contributed by atoms with E-state index in [9.17, 15) is 9.59 Å². The van der Waals surface area contributed by atoms with E-state index >= 15 is 0 Å². The fourth-order valence-corrected chi connectivity index (χ4v) is 2.97. The molecule has 0 amide bonds. The number of aromatic nitrogens is 2. The van der Waals surface area contributed by atoms with Crippen molar-refractivity contribution in [3.63, 3.8) is 0 Å². The molecule has 1 aliphatic rings. The van der Waals surface area contributed by atoms with E-state index < -0.39 is 0 Å². The molecular weight excluding hydrogens is 254 g/mol. The summed E-state index contributed by atoms with van der Waals surface area (Å²) in [6.07, 6.45) is 6.22. The molecule has 0 bridgehead atoms. The highest BCUT2D eigenvalue weighted by atomic mass is 16.2. The van der Waals surface area contributed by atoms with Crippen molar-refractivity contribution in [2.75, 3.05) is 0 Å². The number of hydrogen-bond acceptors (Lipinski definition) is 3. The van der Waals surface area contributed by atoms with Gasteiger partial charge in [-0.15, -0.1) is 0 Å². The summed E-state index contributed by atoms with van der Waals surface area (Å²) in [5.74, 6) is 0.876. The Hall–Kier alpha value is -1.36. The Morgan fingerprint density at radius 1 is 1.15 bits per heavy atom. The van der Waals surface area contributed by atoms with Crippen LogP contribution < -0.4 is 16.6 Å². The van der Waals surface area contributed by atoms with Crippen LogP contribution >= 0.6 is 0 Å². The second kappa shape index (κ2) is 6.39. The molecule has 1 N–H and O–H groups in total. The maximum Gasteiger partial charge on any atom is 0.330 e. The standard InChI is InChI=1S/C15H25N3O2/c1-4-11-5-7-12(8-6-11)16-10-13-9-14(19)18(3)15(20)17(13)2/h9,11-12,16H,4-8,10H2,1-3H3. The molecule has 0 aliphatic heterocycles. The Morgan fingerprint density at radius 2 is 1.80 bits per heavy atom. The fraction of sp³-hybridized carbons (Fsp3) is 0.733. The molecule has 112 valence electrons. The van der Waals surface area contributed by atoms with Crippen LogP contribution in [0.3, 0.4) is 0 Å². The molecule has 5 nitrogen and oxygen atoms in total. The first-order valence-corrected chi connectivity index (χ1v) is 7.52. The maximum absolute atomic E-state index is 11.8. The molecule has 20 heavy (non-hydrogen) atoms. The molecule has 0 radical (unpaired) electrons. The van der Waals surface area contributed by atoms with Crippen molar-refractivity contribution in [2.45, 2.75) is 51.6 Å². The van der Waals surface area contributed by atoms with Crippen molar-refractivity contribution >= 4 is 0 Å². The third kappa shape index (κ3) is 3.20. The summed E-state index contributed by atoms with van der Waals surface area (Å²) in [7, 11) is 3.22. The SMILES string of the molecule is CCC1CCC(NCc2cc(=O)n(C)c(=O)n2C)CC1. The Balaban J connectivity index is 1.99. The summed E-state index contributed by atoms with van der Waals surface area (Å²) in [6.45, 7) is 2.84. The monoisotopic (exact) mass is 279 g/mol. The van der Waals surface area contributed by atoms with Gasteiger partial charge in [-0.3, -0.25) is 13.9 Å². The van der Waals surface area contributed by atoms with Gasteiger partial charge in [0.15, 0.2) is 0 Å². The van der Waals surface area contributed by atoms with E-state index in [1.54, 1.807) is 17.7 Å².